The number of benzene rings is 2. The lowest BCUT2D eigenvalue weighted by molar-refractivity contribution is -0.119. The molecule has 4 rings (SSSR count). The lowest BCUT2D eigenvalue weighted by Gasteiger charge is -2.22. The van der Waals surface area contributed by atoms with Gasteiger partial charge in [0.15, 0.2) is 0 Å². The lowest BCUT2D eigenvalue weighted by Crippen LogP contribution is -2.43. The molecule has 8 nitrogen and oxygen atoms in total. The maximum Gasteiger partial charge on any atom is 0.322 e. The van der Waals surface area contributed by atoms with E-state index in [1.165, 1.54) is 12.1 Å². The molecule has 3 aromatic rings. The Morgan fingerprint density at radius 3 is 2.70 bits per heavy atom. The minimum absolute atomic E-state index is 0.0790. The van der Waals surface area contributed by atoms with Gasteiger partial charge in [0.1, 0.15) is 11.9 Å². The molecule has 1 aliphatic rings. The van der Waals surface area contributed by atoms with Crippen molar-refractivity contribution in [1.82, 2.24) is 14.5 Å². The molecule has 0 radical (unpaired) electrons. The minimum atomic E-state index is -3.96. The van der Waals surface area contributed by atoms with E-state index in [0.717, 1.165) is 16.4 Å². The summed E-state index contributed by atoms with van der Waals surface area (Å²) < 4.78 is 45.5. The Labute approximate surface area is 176 Å². The van der Waals surface area contributed by atoms with Gasteiger partial charge in [-0.1, -0.05) is 22.8 Å². The Kier molecular flexibility index (Phi) is 5.54. The Morgan fingerprint density at radius 2 is 1.97 bits per heavy atom. The van der Waals surface area contributed by atoms with Gasteiger partial charge in [0.05, 0.1) is 4.90 Å². The standard InChI is InChI=1S/C19H16ClFN4O4S/c20-13-4-1-3-12(11-13)18-23-24-19(29-18)22-17(26)16-5-2-10-25(16)30(27,28)15-8-6-14(21)7-9-15/h1,3-4,6-9,11,16H,2,5,10H2,(H,22,24,26). The second-order valence-corrected chi connectivity index (χ2v) is 8.97. The summed E-state index contributed by atoms with van der Waals surface area (Å²) in [6.45, 7) is 0.176. The molecule has 1 aromatic heterocycles. The van der Waals surface area contributed by atoms with Gasteiger partial charge in [-0.05, 0) is 55.3 Å². The summed E-state index contributed by atoms with van der Waals surface area (Å²) in [5.74, 6) is -0.967. The molecule has 1 unspecified atom stereocenters. The molecular weight excluding hydrogens is 435 g/mol. The highest BCUT2D eigenvalue weighted by atomic mass is 35.5. The van der Waals surface area contributed by atoms with Gasteiger partial charge in [0.25, 0.3) is 0 Å². The van der Waals surface area contributed by atoms with Crippen molar-refractivity contribution in [2.75, 3.05) is 11.9 Å². The number of sulfonamides is 1. The predicted octanol–water partition coefficient (Wildman–Crippen LogP) is 3.32. The zero-order chi connectivity index (χ0) is 21.3. The first-order valence-corrected chi connectivity index (χ1v) is 10.8. The smallest absolute Gasteiger partial charge is 0.322 e. The molecule has 1 N–H and O–H groups in total. The maximum absolute atomic E-state index is 13.1. The third kappa shape index (κ3) is 4.07. The first-order chi connectivity index (χ1) is 14.3. The average Bonchev–Trinajstić information content (AvgIpc) is 3.38. The van der Waals surface area contributed by atoms with E-state index in [1.807, 2.05) is 0 Å². The van der Waals surface area contributed by atoms with Gasteiger partial charge < -0.3 is 4.42 Å². The molecule has 0 saturated carbocycles. The van der Waals surface area contributed by atoms with E-state index in [9.17, 15) is 17.6 Å². The predicted molar refractivity (Wildman–Crippen MR) is 107 cm³/mol. The number of amides is 1. The number of carbonyl (C=O) groups is 1. The summed E-state index contributed by atoms with van der Waals surface area (Å²) in [5, 5.41) is 10.6. The van der Waals surface area contributed by atoms with Gasteiger partial charge >= 0.3 is 6.01 Å². The van der Waals surface area contributed by atoms with E-state index < -0.39 is 27.8 Å². The van der Waals surface area contributed by atoms with Gasteiger partial charge in [-0.15, -0.1) is 5.10 Å². The molecule has 0 bridgehead atoms. The van der Waals surface area contributed by atoms with Crippen LogP contribution in [0.4, 0.5) is 10.4 Å². The second kappa shape index (κ2) is 8.13. The summed E-state index contributed by atoms with van der Waals surface area (Å²) in [7, 11) is -3.96. The zero-order valence-corrected chi connectivity index (χ0v) is 17.0. The van der Waals surface area contributed by atoms with Gasteiger partial charge in [-0.2, -0.15) is 4.31 Å². The largest absolute Gasteiger partial charge is 0.403 e. The number of aromatic nitrogens is 2. The maximum atomic E-state index is 13.1. The monoisotopic (exact) mass is 450 g/mol. The van der Waals surface area contributed by atoms with Crippen molar-refractivity contribution in [1.29, 1.82) is 0 Å². The van der Waals surface area contributed by atoms with E-state index in [4.69, 9.17) is 16.0 Å². The number of carbonyl (C=O) groups excluding carboxylic acids is 1. The molecule has 1 aliphatic heterocycles. The topological polar surface area (TPSA) is 105 Å². The van der Waals surface area contributed by atoms with Crippen molar-refractivity contribution in [3.8, 4) is 11.5 Å². The molecule has 0 aliphatic carbocycles. The molecule has 1 fully saturated rings. The van der Waals surface area contributed by atoms with Crippen LogP contribution >= 0.6 is 11.6 Å². The lowest BCUT2D eigenvalue weighted by atomic mass is 10.2. The number of anilines is 1. The molecule has 1 saturated heterocycles. The fourth-order valence-corrected chi connectivity index (χ4v) is 5.08. The molecule has 30 heavy (non-hydrogen) atoms. The van der Waals surface area contributed by atoms with Crippen LogP contribution < -0.4 is 5.32 Å². The highest BCUT2D eigenvalue weighted by Crippen LogP contribution is 2.28. The van der Waals surface area contributed by atoms with Crippen molar-refractivity contribution < 1.29 is 22.0 Å². The van der Waals surface area contributed by atoms with Crippen LogP contribution in [0.25, 0.3) is 11.5 Å². The average molecular weight is 451 g/mol. The van der Waals surface area contributed by atoms with E-state index in [-0.39, 0.29) is 23.3 Å². The SMILES string of the molecule is O=C(Nc1nnc(-c2cccc(Cl)c2)o1)C1CCCN1S(=O)(=O)c1ccc(F)cc1. The third-order valence-corrected chi connectivity index (χ3v) is 6.81. The van der Waals surface area contributed by atoms with Crippen LogP contribution in [-0.2, 0) is 14.8 Å². The quantitative estimate of drug-likeness (QED) is 0.639. The molecule has 1 amide bonds. The molecule has 11 heteroatoms. The Morgan fingerprint density at radius 1 is 1.20 bits per heavy atom. The van der Waals surface area contributed by atoms with Crippen LogP contribution in [0.15, 0.2) is 57.8 Å². The number of nitrogens with one attached hydrogen (secondary N) is 1. The van der Waals surface area contributed by atoms with E-state index in [2.05, 4.69) is 15.5 Å². The van der Waals surface area contributed by atoms with Gasteiger partial charge in [-0.3, -0.25) is 10.1 Å². The number of hydrogen-bond donors (Lipinski definition) is 1. The Balaban J connectivity index is 1.51. The summed E-state index contributed by atoms with van der Waals surface area (Å²) in [6, 6.07) is 10.1. The summed E-state index contributed by atoms with van der Waals surface area (Å²) in [5.41, 5.74) is 0.580. The molecule has 0 spiro atoms. The van der Waals surface area contributed by atoms with Crippen molar-refractivity contribution in [2.24, 2.45) is 0 Å². The number of nitrogens with zero attached hydrogens (tertiary/aromatic N) is 3. The first-order valence-electron chi connectivity index (χ1n) is 9.02. The zero-order valence-electron chi connectivity index (χ0n) is 15.5. The van der Waals surface area contributed by atoms with Crippen LogP contribution in [0.1, 0.15) is 12.8 Å². The molecule has 156 valence electrons. The summed E-state index contributed by atoms with van der Waals surface area (Å²) in [6.07, 6.45) is 0.845. The molecular formula is C19H16ClFN4O4S. The van der Waals surface area contributed by atoms with Gasteiger partial charge in [-0.25, -0.2) is 12.8 Å². The summed E-state index contributed by atoms with van der Waals surface area (Å²) in [4.78, 5) is 12.7. The second-order valence-electron chi connectivity index (χ2n) is 6.64. The highest BCUT2D eigenvalue weighted by Gasteiger charge is 2.39. The van der Waals surface area contributed by atoms with Crippen LogP contribution in [0.3, 0.4) is 0 Å². The van der Waals surface area contributed by atoms with Gasteiger partial charge in [0.2, 0.25) is 21.8 Å². The number of rotatable bonds is 5. The fourth-order valence-electron chi connectivity index (χ4n) is 3.23. The van der Waals surface area contributed by atoms with Crippen LogP contribution in [-0.4, -0.2) is 41.4 Å². The molecule has 2 heterocycles. The van der Waals surface area contributed by atoms with E-state index in [1.54, 1.807) is 24.3 Å². The number of halogens is 2. The van der Waals surface area contributed by atoms with Gasteiger partial charge in [0, 0.05) is 17.1 Å². The van der Waals surface area contributed by atoms with Crippen LogP contribution in [0, 0.1) is 5.82 Å². The molecule has 2 aromatic carbocycles. The van der Waals surface area contributed by atoms with Crippen molar-refractivity contribution in [3.63, 3.8) is 0 Å². The highest BCUT2D eigenvalue weighted by molar-refractivity contribution is 7.89. The van der Waals surface area contributed by atoms with E-state index >= 15 is 0 Å². The van der Waals surface area contributed by atoms with Crippen LogP contribution in [0.2, 0.25) is 5.02 Å². The van der Waals surface area contributed by atoms with Crippen LogP contribution in [0.5, 0.6) is 0 Å². The minimum Gasteiger partial charge on any atom is -0.403 e. The Bertz CT molecular complexity index is 1180. The molecule has 1 atom stereocenters. The van der Waals surface area contributed by atoms with Crippen molar-refractivity contribution in [2.45, 2.75) is 23.8 Å². The van der Waals surface area contributed by atoms with E-state index in [0.29, 0.717) is 23.4 Å². The number of hydrogen-bond acceptors (Lipinski definition) is 6. The first kappa shape index (κ1) is 20.5. The normalized spacial score (nSPS) is 17.2. The van der Waals surface area contributed by atoms with Crippen molar-refractivity contribution in [3.05, 3.63) is 59.4 Å². The fraction of sp³-hybridized carbons (Fsp3) is 0.211. The van der Waals surface area contributed by atoms with Crippen molar-refractivity contribution >= 4 is 33.5 Å². The Hall–Kier alpha value is -2.82. The third-order valence-electron chi connectivity index (χ3n) is 4.65. The summed E-state index contributed by atoms with van der Waals surface area (Å²) >= 11 is 5.95.